The van der Waals surface area contributed by atoms with Gasteiger partial charge in [0.25, 0.3) is 0 Å². The number of hydrogen-bond donors (Lipinski definition) is 2. The maximum absolute atomic E-state index is 6.09. The second-order valence-electron chi connectivity index (χ2n) is 7.66. The second-order valence-corrected chi connectivity index (χ2v) is 7.66. The zero-order chi connectivity index (χ0) is 21.6. The number of likely N-dealkylation sites (N-methyl/N-ethyl adjacent to an activating group) is 1. The largest absolute Gasteiger partial charge is 0.491 e. The monoisotopic (exact) mass is 421 g/mol. The van der Waals surface area contributed by atoms with Crippen molar-refractivity contribution in [3.63, 3.8) is 0 Å². The highest BCUT2D eigenvalue weighted by Gasteiger charge is 2.27. The topological polar surface area (TPSA) is 96.8 Å². The number of pyridine rings is 1. The van der Waals surface area contributed by atoms with Crippen LogP contribution < -0.4 is 20.1 Å². The van der Waals surface area contributed by atoms with Gasteiger partial charge >= 0.3 is 0 Å². The van der Waals surface area contributed by atoms with Crippen molar-refractivity contribution in [3.05, 3.63) is 60.0 Å². The number of rotatable bonds is 8. The van der Waals surface area contributed by atoms with E-state index in [9.17, 15) is 0 Å². The van der Waals surface area contributed by atoms with Crippen LogP contribution in [0.15, 0.2) is 59.3 Å². The van der Waals surface area contributed by atoms with Gasteiger partial charge in [0, 0.05) is 24.6 Å². The van der Waals surface area contributed by atoms with Crippen LogP contribution in [0.3, 0.4) is 0 Å². The lowest BCUT2D eigenvalue weighted by Gasteiger charge is -2.29. The first-order valence-corrected chi connectivity index (χ1v) is 10.2. The van der Waals surface area contributed by atoms with Crippen LogP contribution in [-0.2, 0) is 0 Å². The van der Waals surface area contributed by atoms with E-state index in [0.29, 0.717) is 24.7 Å². The lowest BCUT2D eigenvalue weighted by atomic mass is 9.93. The number of aliphatic imine (C=N–C) groups is 1. The van der Waals surface area contributed by atoms with Gasteiger partial charge < -0.3 is 25.0 Å². The summed E-state index contributed by atoms with van der Waals surface area (Å²) < 4.78 is 11.8. The molecule has 3 heterocycles. The average Bonchev–Trinajstić information content (AvgIpc) is 2.77. The predicted octanol–water partition coefficient (Wildman–Crippen LogP) is 2.15. The molecule has 0 spiro atoms. The summed E-state index contributed by atoms with van der Waals surface area (Å²) in [5.41, 5.74) is 1.97. The van der Waals surface area contributed by atoms with E-state index in [4.69, 9.17) is 9.47 Å². The molecule has 2 atom stereocenters. The van der Waals surface area contributed by atoms with Crippen LogP contribution in [0.2, 0.25) is 0 Å². The van der Waals surface area contributed by atoms with Crippen molar-refractivity contribution < 1.29 is 9.47 Å². The smallest absolute Gasteiger partial charge is 0.214 e. The van der Waals surface area contributed by atoms with Crippen LogP contribution >= 0.6 is 0 Å². The van der Waals surface area contributed by atoms with E-state index in [-0.39, 0.29) is 12.1 Å². The first-order valence-electron chi connectivity index (χ1n) is 10.2. The third-order valence-corrected chi connectivity index (χ3v) is 4.87. The number of aromatic nitrogens is 3. The van der Waals surface area contributed by atoms with Gasteiger partial charge in [-0.2, -0.15) is 0 Å². The zero-order valence-electron chi connectivity index (χ0n) is 17.9. The number of anilines is 1. The molecule has 0 fully saturated rings. The van der Waals surface area contributed by atoms with Gasteiger partial charge in [-0.05, 0) is 33.2 Å². The number of hydrogen-bond acceptors (Lipinski definition) is 9. The minimum Gasteiger partial charge on any atom is -0.491 e. The van der Waals surface area contributed by atoms with Crippen molar-refractivity contribution in [1.29, 1.82) is 0 Å². The molecule has 0 aromatic carbocycles. The van der Waals surface area contributed by atoms with E-state index in [0.717, 1.165) is 29.4 Å². The van der Waals surface area contributed by atoms with Crippen LogP contribution in [0, 0.1) is 6.92 Å². The number of nitrogens with one attached hydrogen (secondary N) is 2. The van der Waals surface area contributed by atoms with Gasteiger partial charge in [0.05, 0.1) is 36.7 Å². The van der Waals surface area contributed by atoms with E-state index < -0.39 is 0 Å². The van der Waals surface area contributed by atoms with E-state index in [1.807, 2.05) is 45.3 Å². The minimum absolute atomic E-state index is 0.0255. The van der Waals surface area contributed by atoms with Gasteiger partial charge in [0.1, 0.15) is 30.1 Å². The molecule has 2 N–H and O–H groups in total. The molecular formula is C22H27N7O2. The highest BCUT2D eigenvalue weighted by molar-refractivity contribution is 5.64. The molecule has 2 aromatic heterocycles. The highest BCUT2D eigenvalue weighted by Crippen LogP contribution is 2.28. The van der Waals surface area contributed by atoms with E-state index in [2.05, 4.69) is 35.5 Å². The summed E-state index contributed by atoms with van der Waals surface area (Å²) >= 11 is 0. The lowest BCUT2D eigenvalue weighted by Crippen LogP contribution is -2.34. The van der Waals surface area contributed by atoms with Crippen molar-refractivity contribution in [2.75, 3.05) is 32.6 Å². The van der Waals surface area contributed by atoms with Crippen molar-refractivity contribution in [1.82, 2.24) is 25.2 Å². The molecule has 1 aliphatic carbocycles. The Bertz CT molecular complexity index is 968. The zero-order valence-corrected chi connectivity index (χ0v) is 17.9. The summed E-state index contributed by atoms with van der Waals surface area (Å²) in [5.74, 6) is 2.81. The van der Waals surface area contributed by atoms with Crippen LogP contribution in [0.5, 0.6) is 11.6 Å². The molecule has 0 bridgehead atoms. The number of aryl methyl sites for hydroxylation is 1. The quantitative estimate of drug-likeness (QED) is 0.626. The third kappa shape index (κ3) is 5.58. The minimum atomic E-state index is -0.143. The summed E-state index contributed by atoms with van der Waals surface area (Å²) in [7, 11) is 4.02. The Morgan fingerprint density at radius 2 is 2.03 bits per heavy atom. The van der Waals surface area contributed by atoms with Gasteiger partial charge in [-0.1, -0.05) is 6.08 Å². The molecule has 2 aliphatic rings. The van der Waals surface area contributed by atoms with Crippen molar-refractivity contribution in [2.24, 2.45) is 4.99 Å². The molecule has 2 unspecified atom stereocenters. The maximum Gasteiger partial charge on any atom is 0.214 e. The number of nitrogens with zero attached hydrogens (tertiary/aromatic N) is 5. The Kier molecular flexibility index (Phi) is 6.42. The number of fused-ring (bicyclic) bond motifs is 1. The standard InChI is InChI=1S/C22H27N7O2/c1-15-11-24-20(13-23-15)28-22-18-10-16(4-6-19(18)26-14-27-22)31-21-7-5-17(12-25-21)30-9-8-29(2)3/h4-7,11-14,16,19H,8-10H2,1-3H3,(H,24,28)(H,26,27). The molecule has 162 valence electrons. The summed E-state index contributed by atoms with van der Waals surface area (Å²) in [6.45, 7) is 3.37. The predicted molar refractivity (Wildman–Crippen MR) is 119 cm³/mol. The first-order chi connectivity index (χ1) is 15.1. The Labute approximate surface area is 181 Å². The van der Waals surface area contributed by atoms with Crippen LogP contribution in [0.25, 0.3) is 0 Å². The fourth-order valence-electron chi connectivity index (χ4n) is 3.22. The van der Waals surface area contributed by atoms with Gasteiger partial charge in [-0.3, -0.25) is 9.98 Å². The Hall–Kier alpha value is -3.46. The summed E-state index contributed by atoms with van der Waals surface area (Å²) in [4.78, 5) is 19.6. The normalized spacial score (nSPS) is 19.7. The van der Waals surface area contributed by atoms with E-state index >= 15 is 0 Å². The Morgan fingerprint density at radius 1 is 1.13 bits per heavy atom. The molecule has 4 rings (SSSR count). The number of ether oxygens (including phenoxy) is 2. The second kappa shape index (κ2) is 9.57. The fraction of sp³-hybridized carbons (Fsp3) is 0.364. The summed E-state index contributed by atoms with van der Waals surface area (Å²) in [5, 5.41) is 6.49. The lowest BCUT2D eigenvalue weighted by molar-refractivity contribution is 0.231. The van der Waals surface area contributed by atoms with E-state index in [1.54, 1.807) is 24.9 Å². The Morgan fingerprint density at radius 3 is 2.77 bits per heavy atom. The van der Waals surface area contributed by atoms with Crippen LogP contribution in [0.4, 0.5) is 5.82 Å². The highest BCUT2D eigenvalue weighted by atomic mass is 16.5. The fourth-order valence-corrected chi connectivity index (χ4v) is 3.22. The molecule has 1 aliphatic heterocycles. The Balaban J connectivity index is 1.40. The molecule has 31 heavy (non-hydrogen) atoms. The van der Waals surface area contributed by atoms with Gasteiger partial charge in [0.15, 0.2) is 0 Å². The van der Waals surface area contributed by atoms with E-state index in [1.165, 1.54) is 0 Å². The maximum atomic E-state index is 6.09. The third-order valence-electron chi connectivity index (χ3n) is 4.87. The summed E-state index contributed by atoms with van der Waals surface area (Å²) in [6.07, 6.45) is 11.4. The molecule has 0 saturated carbocycles. The van der Waals surface area contributed by atoms with Crippen LogP contribution in [0.1, 0.15) is 12.1 Å². The van der Waals surface area contributed by atoms with Gasteiger partial charge in [-0.25, -0.2) is 9.97 Å². The SMILES string of the molecule is Cc1cnc(NC2=C3CC(Oc4ccc(OCCN(C)C)cn4)C=CC3N=CN2)cn1. The van der Waals surface area contributed by atoms with Crippen molar-refractivity contribution in [2.45, 2.75) is 25.5 Å². The van der Waals surface area contributed by atoms with Crippen molar-refractivity contribution in [3.8, 4) is 11.6 Å². The summed E-state index contributed by atoms with van der Waals surface area (Å²) in [6, 6.07) is 3.68. The molecule has 0 amide bonds. The van der Waals surface area contributed by atoms with Gasteiger partial charge in [0.2, 0.25) is 5.88 Å². The van der Waals surface area contributed by atoms with Gasteiger partial charge in [-0.15, -0.1) is 0 Å². The molecule has 9 nitrogen and oxygen atoms in total. The first kappa shape index (κ1) is 20.8. The van der Waals surface area contributed by atoms with Crippen LogP contribution in [-0.4, -0.2) is 65.6 Å². The molecule has 9 heteroatoms. The molecule has 0 saturated heterocycles. The molecular weight excluding hydrogens is 394 g/mol. The van der Waals surface area contributed by atoms with Crippen molar-refractivity contribution >= 4 is 12.2 Å². The molecule has 2 aromatic rings. The molecule has 0 radical (unpaired) electrons. The average molecular weight is 422 g/mol.